The number of amides is 3. The summed E-state index contributed by atoms with van der Waals surface area (Å²) in [6, 6.07) is 19.5. The van der Waals surface area contributed by atoms with Gasteiger partial charge in [-0.05, 0) is 35.9 Å². The van der Waals surface area contributed by atoms with Gasteiger partial charge in [0.2, 0.25) is 0 Å². The summed E-state index contributed by atoms with van der Waals surface area (Å²) in [6.07, 6.45) is 0.391. The molecule has 0 bridgehead atoms. The lowest BCUT2D eigenvalue weighted by Gasteiger charge is -2.31. The molecule has 9 nitrogen and oxygen atoms in total. The minimum atomic E-state index is -0.484. The van der Waals surface area contributed by atoms with E-state index in [1.165, 1.54) is 29.2 Å². The van der Waals surface area contributed by atoms with Gasteiger partial charge in [0, 0.05) is 43.2 Å². The predicted molar refractivity (Wildman–Crippen MR) is 159 cm³/mol. The SMILES string of the molecule is COc1ccccc1NC(=O)N(CCN1CCOCC1)CC(=O)N1N=C(c2ccccc2Cl)CC1c1ccc(F)cc1. The van der Waals surface area contributed by atoms with Gasteiger partial charge in [-0.3, -0.25) is 9.69 Å². The van der Waals surface area contributed by atoms with Crippen molar-refractivity contribution >= 4 is 34.9 Å². The molecule has 1 N–H and O–H groups in total. The van der Waals surface area contributed by atoms with Crippen molar-refractivity contribution in [3.63, 3.8) is 0 Å². The maximum absolute atomic E-state index is 13.9. The number of methoxy groups -OCH3 is 1. The molecule has 1 unspecified atom stereocenters. The first-order valence-electron chi connectivity index (χ1n) is 13.8. The lowest BCUT2D eigenvalue weighted by atomic mass is 9.98. The van der Waals surface area contributed by atoms with E-state index in [0.29, 0.717) is 54.9 Å². The van der Waals surface area contributed by atoms with Crippen LogP contribution in [0.2, 0.25) is 5.02 Å². The van der Waals surface area contributed by atoms with Crippen molar-refractivity contribution in [1.29, 1.82) is 0 Å². The Labute approximate surface area is 249 Å². The van der Waals surface area contributed by atoms with E-state index in [2.05, 4.69) is 15.3 Å². The van der Waals surface area contributed by atoms with E-state index in [1.54, 1.807) is 36.4 Å². The molecule has 0 radical (unpaired) electrons. The quantitative estimate of drug-likeness (QED) is 0.376. The molecule has 2 heterocycles. The Morgan fingerprint density at radius 3 is 2.52 bits per heavy atom. The summed E-state index contributed by atoms with van der Waals surface area (Å²) in [7, 11) is 1.53. The summed E-state index contributed by atoms with van der Waals surface area (Å²) in [4.78, 5) is 31.2. The van der Waals surface area contributed by atoms with E-state index in [4.69, 9.17) is 21.1 Å². The maximum Gasteiger partial charge on any atom is 0.322 e. The van der Waals surface area contributed by atoms with Crippen molar-refractivity contribution in [2.24, 2.45) is 5.10 Å². The molecule has 0 spiro atoms. The fourth-order valence-electron chi connectivity index (χ4n) is 5.06. The van der Waals surface area contributed by atoms with Gasteiger partial charge in [-0.2, -0.15) is 5.10 Å². The Balaban J connectivity index is 1.40. The number of benzene rings is 3. The Morgan fingerprint density at radius 2 is 1.79 bits per heavy atom. The number of urea groups is 1. The summed E-state index contributed by atoms with van der Waals surface area (Å²) in [5, 5.41) is 9.49. The number of rotatable bonds is 9. The lowest BCUT2D eigenvalue weighted by Crippen LogP contribution is -2.47. The van der Waals surface area contributed by atoms with E-state index in [9.17, 15) is 14.0 Å². The van der Waals surface area contributed by atoms with Gasteiger partial charge in [0.15, 0.2) is 0 Å². The summed E-state index contributed by atoms with van der Waals surface area (Å²) in [5.74, 6) is -0.233. The molecular weight excluding hydrogens is 561 g/mol. The molecule has 0 aliphatic carbocycles. The Kier molecular flexibility index (Phi) is 9.68. The minimum Gasteiger partial charge on any atom is -0.495 e. The zero-order valence-corrected chi connectivity index (χ0v) is 24.1. The van der Waals surface area contributed by atoms with Gasteiger partial charge in [0.1, 0.15) is 18.1 Å². The van der Waals surface area contributed by atoms with Crippen molar-refractivity contribution in [1.82, 2.24) is 14.8 Å². The fourth-order valence-corrected chi connectivity index (χ4v) is 5.30. The molecule has 11 heteroatoms. The molecule has 1 saturated heterocycles. The Hall–Kier alpha value is -3.99. The van der Waals surface area contributed by atoms with Gasteiger partial charge >= 0.3 is 6.03 Å². The zero-order valence-electron chi connectivity index (χ0n) is 23.3. The van der Waals surface area contributed by atoms with E-state index in [1.807, 2.05) is 24.3 Å². The van der Waals surface area contributed by atoms with Crippen LogP contribution in [0.5, 0.6) is 5.75 Å². The van der Waals surface area contributed by atoms with Crippen LogP contribution in [-0.2, 0) is 9.53 Å². The number of anilines is 1. The number of carbonyl (C=O) groups is 2. The number of carbonyl (C=O) groups excluding carboxylic acids is 2. The third kappa shape index (κ3) is 7.07. The zero-order chi connectivity index (χ0) is 29.5. The second kappa shape index (κ2) is 13.8. The van der Waals surface area contributed by atoms with Gasteiger partial charge in [0.05, 0.1) is 37.8 Å². The van der Waals surface area contributed by atoms with Gasteiger partial charge in [0.25, 0.3) is 5.91 Å². The summed E-state index contributed by atoms with van der Waals surface area (Å²) < 4.78 is 24.6. The number of morpholine rings is 1. The van der Waals surface area contributed by atoms with Crippen molar-refractivity contribution in [3.8, 4) is 5.75 Å². The first kappa shape index (κ1) is 29.5. The largest absolute Gasteiger partial charge is 0.495 e. The molecule has 0 aromatic heterocycles. The smallest absolute Gasteiger partial charge is 0.322 e. The maximum atomic E-state index is 13.9. The third-order valence-electron chi connectivity index (χ3n) is 7.36. The van der Waals surface area contributed by atoms with Crippen LogP contribution in [0.25, 0.3) is 0 Å². The molecule has 42 heavy (non-hydrogen) atoms. The number of para-hydroxylation sites is 2. The number of hydrazone groups is 1. The minimum absolute atomic E-state index is 0.220. The number of halogens is 2. The second-order valence-corrected chi connectivity index (χ2v) is 10.4. The van der Waals surface area contributed by atoms with Crippen molar-refractivity contribution < 1.29 is 23.5 Å². The molecular formula is C31H33ClFN5O4. The van der Waals surface area contributed by atoms with Gasteiger partial charge in [-0.25, -0.2) is 14.2 Å². The summed E-state index contributed by atoms with van der Waals surface area (Å²) >= 11 is 6.47. The molecule has 3 aromatic rings. The van der Waals surface area contributed by atoms with Crippen molar-refractivity contribution in [2.45, 2.75) is 12.5 Å². The Bertz CT molecular complexity index is 1430. The normalized spacial score (nSPS) is 17.1. The van der Waals surface area contributed by atoms with Crippen molar-refractivity contribution in [2.75, 3.05) is 58.4 Å². The van der Waals surface area contributed by atoms with Crippen LogP contribution in [0.1, 0.15) is 23.6 Å². The van der Waals surface area contributed by atoms with E-state index < -0.39 is 12.1 Å². The van der Waals surface area contributed by atoms with Crippen LogP contribution < -0.4 is 10.1 Å². The number of nitrogens with one attached hydrogen (secondary N) is 1. The highest BCUT2D eigenvalue weighted by molar-refractivity contribution is 6.34. The highest BCUT2D eigenvalue weighted by atomic mass is 35.5. The predicted octanol–water partition coefficient (Wildman–Crippen LogP) is 5.03. The van der Waals surface area contributed by atoms with Crippen LogP contribution >= 0.6 is 11.6 Å². The topological polar surface area (TPSA) is 86.7 Å². The van der Waals surface area contributed by atoms with Crippen LogP contribution in [-0.4, -0.2) is 85.5 Å². The molecule has 3 aromatic carbocycles. The molecule has 3 amide bonds. The van der Waals surface area contributed by atoms with E-state index >= 15 is 0 Å². The highest BCUT2D eigenvalue weighted by Gasteiger charge is 2.35. The van der Waals surface area contributed by atoms with Gasteiger partial charge < -0.3 is 19.7 Å². The molecule has 220 valence electrons. The molecule has 1 atom stereocenters. The van der Waals surface area contributed by atoms with Gasteiger partial charge in [-0.15, -0.1) is 0 Å². The first-order valence-corrected chi connectivity index (χ1v) is 14.2. The molecule has 0 saturated carbocycles. The third-order valence-corrected chi connectivity index (χ3v) is 7.69. The lowest BCUT2D eigenvalue weighted by molar-refractivity contribution is -0.133. The van der Waals surface area contributed by atoms with Crippen LogP contribution in [0.4, 0.5) is 14.9 Å². The van der Waals surface area contributed by atoms with Crippen LogP contribution in [0.3, 0.4) is 0 Å². The van der Waals surface area contributed by atoms with Crippen molar-refractivity contribution in [3.05, 3.63) is 94.8 Å². The Morgan fingerprint density at radius 1 is 1.07 bits per heavy atom. The van der Waals surface area contributed by atoms with Crippen LogP contribution in [0, 0.1) is 5.82 Å². The van der Waals surface area contributed by atoms with E-state index in [-0.39, 0.29) is 18.3 Å². The van der Waals surface area contributed by atoms with Gasteiger partial charge in [-0.1, -0.05) is 54.1 Å². The highest BCUT2D eigenvalue weighted by Crippen LogP contribution is 2.34. The molecule has 5 rings (SSSR count). The average Bonchev–Trinajstić information content (AvgIpc) is 3.46. The monoisotopic (exact) mass is 593 g/mol. The number of hydrogen-bond acceptors (Lipinski definition) is 6. The number of hydrogen-bond donors (Lipinski definition) is 1. The number of nitrogens with zero attached hydrogens (tertiary/aromatic N) is 4. The summed E-state index contributed by atoms with van der Waals surface area (Å²) in [6.45, 7) is 3.41. The molecule has 1 fully saturated rings. The van der Waals surface area contributed by atoms with Crippen LogP contribution in [0.15, 0.2) is 77.9 Å². The first-order chi connectivity index (χ1) is 20.4. The fraction of sp³-hybridized carbons (Fsp3) is 0.323. The average molecular weight is 594 g/mol. The second-order valence-electron chi connectivity index (χ2n) is 10.0. The van der Waals surface area contributed by atoms with E-state index in [0.717, 1.165) is 24.2 Å². The standard InChI is InChI=1S/C31H33ClFN5O4/c1-41-29-9-5-4-8-26(29)34-31(40)37(15-14-36-16-18-42-19-17-36)21-30(39)38-28(22-10-12-23(33)13-11-22)20-27(35-38)24-6-2-3-7-25(24)32/h2-13,28H,14-21H2,1H3,(H,34,40). The molecule has 2 aliphatic rings. The number of ether oxygens (including phenoxy) is 2. The summed E-state index contributed by atoms with van der Waals surface area (Å²) in [5.41, 5.74) is 2.59. The molecule has 2 aliphatic heterocycles.